The Morgan fingerprint density at radius 3 is 2.44 bits per heavy atom. The molecule has 1 heterocycles. The van der Waals surface area contributed by atoms with Crippen molar-refractivity contribution in [3.05, 3.63) is 62.9 Å². The molecule has 0 N–H and O–H groups in total. The number of benzene rings is 2. The number of halogens is 1. The van der Waals surface area contributed by atoms with Gasteiger partial charge in [-0.1, -0.05) is 58.1 Å². The van der Waals surface area contributed by atoms with Gasteiger partial charge in [0.05, 0.1) is 13.0 Å². The lowest BCUT2D eigenvalue weighted by atomic mass is 10.1. The van der Waals surface area contributed by atoms with E-state index in [9.17, 15) is 4.79 Å². The van der Waals surface area contributed by atoms with Crippen molar-refractivity contribution in [1.82, 2.24) is 0 Å². The first kappa shape index (κ1) is 26.4. The normalized spacial score (nSPS) is 10.5. The van der Waals surface area contributed by atoms with Crippen molar-refractivity contribution in [3.8, 4) is 5.75 Å². The second-order valence-electron chi connectivity index (χ2n) is 7.86. The van der Waals surface area contributed by atoms with Crippen LogP contribution in [0, 0.1) is 6.92 Å². The van der Waals surface area contributed by atoms with Crippen LogP contribution in [0.2, 0.25) is 0 Å². The number of carbonyl (C=O) groups excluding carboxylic acids is 1. The molecular formula is C27H35BrO3S. The van der Waals surface area contributed by atoms with Crippen LogP contribution in [0.4, 0.5) is 0 Å². The van der Waals surface area contributed by atoms with Gasteiger partial charge in [-0.25, -0.2) is 0 Å². The molecule has 2 aromatic carbocycles. The average Bonchev–Trinajstić information content (AvgIpc) is 3.24. The predicted octanol–water partition coefficient (Wildman–Crippen LogP) is 8.63. The molecule has 0 atom stereocenters. The number of thiophene rings is 1. The highest BCUT2D eigenvalue weighted by Crippen LogP contribution is 2.31. The van der Waals surface area contributed by atoms with E-state index in [1.54, 1.807) is 11.3 Å². The van der Waals surface area contributed by atoms with E-state index in [2.05, 4.69) is 53.4 Å². The van der Waals surface area contributed by atoms with Crippen LogP contribution in [0.15, 0.2) is 46.3 Å². The van der Waals surface area contributed by atoms with Crippen molar-refractivity contribution < 1.29 is 14.3 Å². The predicted molar refractivity (Wildman–Crippen MR) is 140 cm³/mol. The summed E-state index contributed by atoms with van der Waals surface area (Å²) in [6, 6.07) is 12.2. The zero-order valence-electron chi connectivity index (χ0n) is 19.7. The van der Waals surface area contributed by atoms with Crippen molar-refractivity contribution in [2.75, 3.05) is 6.61 Å². The van der Waals surface area contributed by atoms with Crippen LogP contribution in [0.1, 0.15) is 69.6 Å². The molecule has 3 aromatic rings. The molecule has 0 aliphatic rings. The number of esters is 1. The Morgan fingerprint density at radius 1 is 1.00 bits per heavy atom. The summed E-state index contributed by atoms with van der Waals surface area (Å²) < 4.78 is 13.4. The van der Waals surface area contributed by atoms with Crippen molar-refractivity contribution in [2.24, 2.45) is 0 Å². The largest absolute Gasteiger partial charge is 0.489 e. The van der Waals surface area contributed by atoms with Crippen LogP contribution in [0.3, 0.4) is 0 Å². The molecule has 0 radical (unpaired) electrons. The quantitative estimate of drug-likeness (QED) is 0.199. The van der Waals surface area contributed by atoms with E-state index in [0.717, 1.165) is 26.9 Å². The molecule has 174 valence electrons. The Balaban J connectivity index is 0.000000451. The average molecular weight is 520 g/mol. The molecule has 1 aromatic heterocycles. The van der Waals surface area contributed by atoms with E-state index in [1.807, 2.05) is 32.0 Å². The zero-order valence-corrected chi connectivity index (χ0v) is 22.1. The number of aryl methyl sites for hydroxylation is 1. The van der Waals surface area contributed by atoms with Gasteiger partial charge in [0, 0.05) is 14.7 Å². The standard InChI is InChI=1S/C20H19BrO3S.C7H16/c1-3-23-19(22)11-15-5-4-13(2)8-18(15)24-12-14-9-16-6-7-25-20(16)17(21)10-14;1-3-5-7-6-4-2/h4-10H,3,11-12H2,1-2H3;3-7H2,1-2H3. The van der Waals surface area contributed by atoms with E-state index in [4.69, 9.17) is 9.47 Å². The first-order valence-electron chi connectivity index (χ1n) is 11.5. The minimum absolute atomic E-state index is 0.219. The van der Waals surface area contributed by atoms with Gasteiger partial charge in [0.25, 0.3) is 0 Å². The molecule has 0 fully saturated rings. The molecule has 0 saturated carbocycles. The number of hydrogen-bond acceptors (Lipinski definition) is 4. The van der Waals surface area contributed by atoms with E-state index in [1.165, 1.54) is 42.2 Å². The van der Waals surface area contributed by atoms with Crippen molar-refractivity contribution in [1.29, 1.82) is 0 Å². The van der Waals surface area contributed by atoms with Gasteiger partial charge in [0.2, 0.25) is 0 Å². The van der Waals surface area contributed by atoms with Crippen LogP contribution < -0.4 is 4.74 Å². The van der Waals surface area contributed by atoms with E-state index < -0.39 is 0 Å². The molecule has 0 saturated heterocycles. The van der Waals surface area contributed by atoms with E-state index >= 15 is 0 Å². The highest BCUT2D eigenvalue weighted by Gasteiger charge is 2.11. The maximum absolute atomic E-state index is 11.8. The van der Waals surface area contributed by atoms with Gasteiger partial charge in [0.1, 0.15) is 12.4 Å². The lowest BCUT2D eigenvalue weighted by molar-refractivity contribution is -0.142. The molecular weight excluding hydrogens is 484 g/mol. The van der Waals surface area contributed by atoms with Crippen LogP contribution in [-0.4, -0.2) is 12.6 Å². The van der Waals surface area contributed by atoms with Gasteiger partial charge in [-0.15, -0.1) is 11.3 Å². The minimum atomic E-state index is -0.237. The number of carbonyl (C=O) groups is 1. The molecule has 0 aliphatic heterocycles. The second kappa shape index (κ2) is 14.3. The lowest BCUT2D eigenvalue weighted by Crippen LogP contribution is -2.09. The van der Waals surface area contributed by atoms with Gasteiger partial charge in [-0.2, -0.15) is 0 Å². The number of rotatable bonds is 10. The van der Waals surface area contributed by atoms with Crippen LogP contribution in [0.25, 0.3) is 10.1 Å². The fourth-order valence-electron chi connectivity index (χ4n) is 3.33. The molecule has 0 amide bonds. The van der Waals surface area contributed by atoms with Gasteiger partial charge >= 0.3 is 5.97 Å². The topological polar surface area (TPSA) is 35.5 Å². The Bertz CT molecular complexity index is 976. The summed E-state index contributed by atoms with van der Waals surface area (Å²) in [7, 11) is 0. The van der Waals surface area contributed by atoms with Gasteiger partial charge in [0.15, 0.2) is 0 Å². The number of fused-ring (bicyclic) bond motifs is 1. The van der Waals surface area contributed by atoms with Gasteiger partial charge < -0.3 is 9.47 Å². The fraction of sp³-hybridized carbons (Fsp3) is 0.444. The van der Waals surface area contributed by atoms with Crippen molar-refractivity contribution >= 4 is 43.3 Å². The fourth-order valence-corrected chi connectivity index (χ4v) is 4.92. The monoisotopic (exact) mass is 518 g/mol. The number of ether oxygens (including phenoxy) is 2. The van der Waals surface area contributed by atoms with Crippen molar-refractivity contribution in [2.45, 2.75) is 72.8 Å². The first-order valence-corrected chi connectivity index (χ1v) is 13.2. The summed E-state index contributed by atoms with van der Waals surface area (Å²) in [6.07, 6.45) is 7.23. The molecule has 0 bridgehead atoms. The molecule has 0 unspecified atom stereocenters. The third-order valence-electron chi connectivity index (χ3n) is 5.03. The summed E-state index contributed by atoms with van der Waals surface area (Å²) in [6.45, 7) is 9.14. The Hall–Kier alpha value is -1.85. The minimum Gasteiger partial charge on any atom is -0.489 e. The summed E-state index contributed by atoms with van der Waals surface area (Å²) in [5.74, 6) is 0.494. The van der Waals surface area contributed by atoms with Crippen LogP contribution in [-0.2, 0) is 22.6 Å². The first-order chi connectivity index (χ1) is 15.5. The Labute approximate surface area is 205 Å². The maximum Gasteiger partial charge on any atom is 0.310 e. The third kappa shape index (κ3) is 8.59. The smallest absolute Gasteiger partial charge is 0.310 e. The Morgan fingerprint density at radius 2 is 1.75 bits per heavy atom. The summed E-state index contributed by atoms with van der Waals surface area (Å²) in [5, 5.41) is 3.28. The Kier molecular flexibility index (Phi) is 11.8. The van der Waals surface area contributed by atoms with Crippen molar-refractivity contribution in [3.63, 3.8) is 0 Å². The third-order valence-corrected chi connectivity index (χ3v) is 6.88. The number of unbranched alkanes of at least 4 members (excludes halogenated alkanes) is 4. The summed E-state index contributed by atoms with van der Waals surface area (Å²) in [4.78, 5) is 11.8. The molecule has 3 nitrogen and oxygen atoms in total. The SMILES string of the molecule is CCCCCCC.CCOC(=O)Cc1ccc(C)cc1OCc1cc(Br)c2sccc2c1. The second-order valence-corrected chi connectivity index (χ2v) is 9.63. The van der Waals surface area contributed by atoms with Gasteiger partial charge in [-0.05, 0) is 75.9 Å². The highest BCUT2D eigenvalue weighted by molar-refractivity contribution is 9.10. The van der Waals surface area contributed by atoms with Crippen LogP contribution >= 0.6 is 27.3 Å². The highest BCUT2D eigenvalue weighted by atomic mass is 79.9. The van der Waals surface area contributed by atoms with Crippen LogP contribution in [0.5, 0.6) is 5.75 Å². The van der Waals surface area contributed by atoms with E-state index in [-0.39, 0.29) is 12.4 Å². The molecule has 32 heavy (non-hydrogen) atoms. The zero-order chi connectivity index (χ0) is 23.3. The summed E-state index contributed by atoms with van der Waals surface area (Å²) >= 11 is 5.34. The molecule has 0 aliphatic carbocycles. The molecule has 3 rings (SSSR count). The number of hydrogen-bond donors (Lipinski definition) is 0. The maximum atomic E-state index is 11.8. The lowest BCUT2D eigenvalue weighted by Gasteiger charge is -2.13. The molecule has 5 heteroatoms. The molecule has 0 spiro atoms. The van der Waals surface area contributed by atoms with E-state index in [0.29, 0.717) is 13.2 Å². The summed E-state index contributed by atoms with van der Waals surface area (Å²) in [5.41, 5.74) is 3.03. The van der Waals surface area contributed by atoms with Gasteiger partial charge in [-0.3, -0.25) is 4.79 Å².